The molecule has 0 amide bonds. The first-order chi connectivity index (χ1) is 6.29. The molecule has 3 heteroatoms. The van der Waals surface area contributed by atoms with Gasteiger partial charge in [-0.25, -0.2) is 0 Å². The van der Waals surface area contributed by atoms with Crippen molar-refractivity contribution in [2.75, 3.05) is 18.0 Å². The molecule has 0 bridgehead atoms. The average molecular weight is 179 g/mol. The SMILES string of the molecule is O=c1cc(N2CCCCCC2)c1=O. The fourth-order valence-corrected chi connectivity index (χ4v) is 1.85. The third-order valence-corrected chi connectivity index (χ3v) is 2.67. The normalized spacial score (nSPS) is 18.9. The Balaban J connectivity index is 2.13. The van der Waals surface area contributed by atoms with E-state index in [9.17, 15) is 9.59 Å². The van der Waals surface area contributed by atoms with Crippen LogP contribution in [-0.2, 0) is 0 Å². The van der Waals surface area contributed by atoms with E-state index in [4.69, 9.17) is 0 Å². The second kappa shape index (κ2) is 3.32. The van der Waals surface area contributed by atoms with Crippen LogP contribution >= 0.6 is 0 Å². The minimum absolute atomic E-state index is 0.290. The molecule has 1 saturated heterocycles. The zero-order chi connectivity index (χ0) is 9.26. The summed E-state index contributed by atoms with van der Waals surface area (Å²) in [4.78, 5) is 23.9. The van der Waals surface area contributed by atoms with Crippen LogP contribution in [0.4, 0.5) is 5.69 Å². The van der Waals surface area contributed by atoms with E-state index in [0.29, 0.717) is 5.69 Å². The molecule has 1 aliphatic heterocycles. The van der Waals surface area contributed by atoms with Crippen LogP contribution in [-0.4, -0.2) is 13.1 Å². The fourth-order valence-electron chi connectivity index (χ4n) is 1.85. The molecule has 1 aromatic carbocycles. The molecule has 0 saturated carbocycles. The highest BCUT2D eigenvalue weighted by Gasteiger charge is 2.17. The van der Waals surface area contributed by atoms with Gasteiger partial charge in [0.05, 0.1) is 5.69 Å². The molecule has 1 aromatic rings. The summed E-state index contributed by atoms with van der Waals surface area (Å²) in [5.74, 6) is 0. The van der Waals surface area contributed by atoms with Crippen LogP contribution in [0, 0.1) is 0 Å². The van der Waals surface area contributed by atoms with Crippen LogP contribution in [0.1, 0.15) is 25.7 Å². The number of hydrogen-bond donors (Lipinski definition) is 0. The Labute approximate surface area is 76.7 Å². The Morgan fingerprint density at radius 3 is 2.08 bits per heavy atom. The highest BCUT2D eigenvalue weighted by Crippen LogP contribution is 2.14. The minimum Gasteiger partial charge on any atom is -0.368 e. The van der Waals surface area contributed by atoms with E-state index in [2.05, 4.69) is 4.90 Å². The van der Waals surface area contributed by atoms with Crippen molar-refractivity contribution in [1.29, 1.82) is 0 Å². The second-order valence-corrected chi connectivity index (χ2v) is 3.62. The number of nitrogens with zero attached hydrogens (tertiary/aromatic N) is 1. The number of anilines is 1. The van der Waals surface area contributed by atoms with Crippen molar-refractivity contribution in [3.63, 3.8) is 0 Å². The lowest BCUT2D eigenvalue weighted by atomic mass is 10.2. The number of rotatable bonds is 1. The lowest BCUT2D eigenvalue weighted by Gasteiger charge is -2.22. The maximum Gasteiger partial charge on any atom is 0.249 e. The monoisotopic (exact) mass is 179 g/mol. The second-order valence-electron chi connectivity index (χ2n) is 3.62. The molecule has 0 aliphatic carbocycles. The largest absolute Gasteiger partial charge is 0.368 e. The summed E-state index contributed by atoms with van der Waals surface area (Å²) < 4.78 is 0. The molecular weight excluding hydrogens is 166 g/mol. The predicted octanol–water partition coefficient (Wildman–Crippen LogP) is 0.663. The van der Waals surface area contributed by atoms with E-state index >= 15 is 0 Å². The maximum absolute atomic E-state index is 11.1. The Morgan fingerprint density at radius 1 is 1.00 bits per heavy atom. The smallest absolute Gasteiger partial charge is 0.249 e. The first kappa shape index (κ1) is 8.48. The molecule has 0 atom stereocenters. The Hall–Kier alpha value is -1.12. The highest BCUT2D eigenvalue weighted by molar-refractivity contribution is 5.50. The first-order valence-electron chi connectivity index (χ1n) is 4.84. The van der Waals surface area contributed by atoms with Gasteiger partial charge in [-0.1, -0.05) is 12.8 Å². The van der Waals surface area contributed by atoms with Crippen LogP contribution in [0.5, 0.6) is 0 Å². The summed E-state index contributed by atoms with van der Waals surface area (Å²) in [6, 6.07) is 1.47. The van der Waals surface area contributed by atoms with Gasteiger partial charge in [0.2, 0.25) is 10.9 Å². The van der Waals surface area contributed by atoms with Gasteiger partial charge in [-0.3, -0.25) is 9.59 Å². The van der Waals surface area contributed by atoms with Gasteiger partial charge in [0.25, 0.3) is 0 Å². The molecule has 0 spiro atoms. The van der Waals surface area contributed by atoms with Crippen LogP contribution in [0.25, 0.3) is 0 Å². The summed E-state index contributed by atoms with van der Waals surface area (Å²) in [6.45, 7) is 1.87. The molecule has 1 aliphatic rings. The lowest BCUT2D eigenvalue weighted by molar-refractivity contribution is 0.726. The lowest BCUT2D eigenvalue weighted by Crippen LogP contribution is -2.39. The van der Waals surface area contributed by atoms with E-state index in [-0.39, 0.29) is 10.9 Å². The zero-order valence-corrected chi connectivity index (χ0v) is 7.58. The van der Waals surface area contributed by atoms with E-state index in [1.807, 2.05) is 0 Å². The van der Waals surface area contributed by atoms with Gasteiger partial charge in [-0.05, 0) is 12.8 Å². The summed E-state index contributed by atoms with van der Waals surface area (Å²) in [6.07, 6.45) is 4.76. The molecular formula is C10H13NO2. The third kappa shape index (κ3) is 1.50. The van der Waals surface area contributed by atoms with Crippen molar-refractivity contribution in [1.82, 2.24) is 0 Å². The van der Waals surface area contributed by atoms with Crippen LogP contribution in [0.3, 0.4) is 0 Å². The van der Waals surface area contributed by atoms with Crippen LogP contribution in [0.2, 0.25) is 0 Å². The number of hydrogen-bond acceptors (Lipinski definition) is 3. The molecule has 13 heavy (non-hydrogen) atoms. The molecule has 70 valence electrons. The van der Waals surface area contributed by atoms with E-state index < -0.39 is 0 Å². The van der Waals surface area contributed by atoms with Crippen LogP contribution < -0.4 is 15.8 Å². The summed E-state index contributed by atoms with van der Waals surface area (Å²) in [7, 11) is 0. The van der Waals surface area contributed by atoms with E-state index in [1.165, 1.54) is 18.9 Å². The quantitative estimate of drug-likeness (QED) is 0.594. The Bertz CT molecular complexity index is 355. The molecule has 3 nitrogen and oxygen atoms in total. The molecule has 0 N–H and O–H groups in total. The van der Waals surface area contributed by atoms with Gasteiger partial charge in [0.1, 0.15) is 0 Å². The molecule has 1 heterocycles. The van der Waals surface area contributed by atoms with Crippen molar-refractivity contribution in [3.05, 3.63) is 26.5 Å². The van der Waals surface area contributed by atoms with E-state index in [1.54, 1.807) is 0 Å². The molecule has 0 aromatic heterocycles. The van der Waals surface area contributed by atoms with Crippen molar-refractivity contribution >= 4 is 5.69 Å². The molecule has 2 rings (SSSR count). The summed E-state index contributed by atoms with van der Waals surface area (Å²) in [5.41, 5.74) is 0.0213. The summed E-state index contributed by atoms with van der Waals surface area (Å²) >= 11 is 0. The standard InChI is InChI=1S/C10H13NO2/c12-9-7-8(10(9)13)11-5-3-1-2-4-6-11/h7H,1-6H2. The van der Waals surface area contributed by atoms with Gasteiger partial charge in [0, 0.05) is 19.2 Å². The van der Waals surface area contributed by atoms with Crippen molar-refractivity contribution in [2.24, 2.45) is 0 Å². The van der Waals surface area contributed by atoms with Gasteiger partial charge in [0.15, 0.2) is 0 Å². The Morgan fingerprint density at radius 2 is 1.62 bits per heavy atom. The molecule has 0 radical (unpaired) electrons. The first-order valence-corrected chi connectivity index (χ1v) is 4.84. The van der Waals surface area contributed by atoms with Gasteiger partial charge >= 0.3 is 0 Å². The maximum atomic E-state index is 11.1. The zero-order valence-electron chi connectivity index (χ0n) is 7.58. The molecule has 0 unspecified atom stereocenters. The fraction of sp³-hybridized carbons (Fsp3) is 0.600. The molecule has 1 fully saturated rings. The predicted molar refractivity (Wildman–Crippen MR) is 52.0 cm³/mol. The van der Waals surface area contributed by atoms with Crippen LogP contribution in [0.15, 0.2) is 15.7 Å². The highest BCUT2D eigenvalue weighted by atomic mass is 16.2. The third-order valence-electron chi connectivity index (χ3n) is 2.67. The van der Waals surface area contributed by atoms with Crippen molar-refractivity contribution < 1.29 is 0 Å². The van der Waals surface area contributed by atoms with E-state index in [0.717, 1.165) is 25.9 Å². The van der Waals surface area contributed by atoms with Gasteiger partial charge in [-0.2, -0.15) is 0 Å². The van der Waals surface area contributed by atoms with Gasteiger partial charge in [-0.15, -0.1) is 0 Å². The van der Waals surface area contributed by atoms with Crippen molar-refractivity contribution in [3.8, 4) is 0 Å². The van der Waals surface area contributed by atoms with Crippen molar-refractivity contribution in [2.45, 2.75) is 25.7 Å². The minimum atomic E-state index is -0.334. The summed E-state index contributed by atoms with van der Waals surface area (Å²) in [5, 5.41) is 0. The van der Waals surface area contributed by atoms with Gasteiger partial charge < -0.3 is 4.90 Å². The average Bonchev–Trinajstić information content (AvgIpc) is 2.41. The Kier molecular flexibility index (Phi) is 2.17. The topological polar surface area (TPSA) is 37.4 Å².